The zero-order valence-electron chi connectivity index (χ0n) is 10.7. The number of nitrogens with two attached hydrogens (primary N) is 1. The van der Waals surface area contributed by atoms with Gasteiger partial charge < -0.3 is 10.2 Å². The Balaban J connectivity index is 2.03. The van der Waals surface area contributed by atoms with Crippen LogP contribution in [0.3, 0.4) is 0 Å². The van der Waals surface area contributed by atoms with Crippen LogP contribution in [0.5, 0.6) is 0 Å². The molecule has 0 saturated carbocycles. The molecule has 1 aromatic carbocycles. The van der Waals surface area contributed by atoms with Crippen molar-refractivity contribution < 1.29 is 18.0 Å². The van der Waals surface area contributed by atoms with Crippen LogP contribution in [0.2, 0.25) is 0 Å². The Kier molecular flexibility index (Phi) is 4.05. The van der Waals surface area contributed by atoms with E-state index in [-0.39, 0.29) is 23.3 Å². The molecule has 0 bridgehead atoms. The summed E-state index contributed by atoms with van der Waals surface area (Å²) in [7, 11) is -3.81. The first-order valence-corrected chi connectivity index (χ1v) is 7.61. The summed E-state index contributed by atoms with van der Waals surface area (Å²) < 4.78 is 22.4. The molecular formula is C12H15N3O4S. The number of sulfonamides is 1. The summed E-state index contributed by atoms with van der Waals surface area (Å²) in [4.78, 5) is 24.6. The van der Waals surface area contributed by atoms with E-state index in [4.69, 9.17) is 5.14 Å². The van der Waals surface area contributed by atoms with Gasteiger partial charge in [-0.25, -0.2) is 13.6 Å². The average Bonchev–Trinajstić information content (AvgIpc) is 2.74. The van der Waals surface area contributed by atoms with E-state index in [1.807, 2.05) is 0 Å². The number of rotatable bonds is 4. The minimum atomic E-state index is -3.81. The highest BCUT2D eigenvalue weighted by Crippen LogP contribution is 2.15. The summed E-state index contributed by atoms with van der Waals surface area (Å²) in [6.07, 6.45) is 1.22. The number of nitrogens with zero attached hydrogens (tertiary/aromatic N) is 1. The first kappa shape index (κ1) is 14.5. The fourth-order valence-corrected chi connectivity index (χ4v) is 2.56. The second-order valence-electron chi connectivity index (χ2n) is 4.54. The van der Waals surface area contributed by atoms with Gasteiger partial charge in [-0.15, -0.1) is 0 Å². The van der Waals surface area contributed by atoms with Crippen LogP contribution in [-0.2, 0) is 19.6 Å². The van der Waals surface area contributed by atoms with Gasteiger partial charge in [0.15, 0.2) is 0 Å². The zero-order valence-corrected chi connectivity index (χ0v) is 11.5. The van der Waals surface area contributed by atoms with Crippen molar-refractivity contribution in [3.8, 4) is 0 Å². The van der Waals surface area contributed by atoms with Crippen LogP contribution in [0, 0.1) is 0 Å². The van der Waals surface area contributed by atoms with Crippen molar-refractivity contribution in [1.82, 2.24) is 4.90 Å². The number of primary sulfonamides is 1. The van der Waals surface area contributed by atoms with Gasteiger partial charge in [-0.05, 0) is 24.6 Å². The van der Waals surface area contributed by atoms with Crippen molar-refractivity contribution in [1.29, 1.82) is 0 Å². The Hall–Kier alpha value is -1.93. The maximum atomic E-state index is 11.8. The molecular weight excluding hydrogens is 282 g/mol. The molecule has 1 fully saturated rings. The summed E-state index contributed by atoms with van der Waals surface area (Å²) >= 11 is 0. The van der Waals surface area contributed by atoms with E-state index in [2.05, 4.69) is 5.32 Å². The molecule has 1 heterocycles. The SMILES string of the molecule is NS(=O)(=O)c1cccc(NC(=O)CN2CCCC2=O)c1. The molecule has 7 nitrogen and oxygen atoms in total. The number of hydrogen-bond donors (Lipinski definition) is 2. The van der Waals surface area contributed by atoms with E-state index in [9.17, 15) is 18.0 Å². The highest BCUT2D eigenvalue weighted by atomic mass is 32.2. The monoisotopic (exact) mass is 297 g/mol. The molecule has 8 heteroatoms. The van der Waals surface area contributed by atoms with Gasteiger partial charge in [0.25, 0.3) is 0 Å². The van der Waals surface area contributed by atoms with Gasteiger partial charge in [-0.1, -0.05) is 6.07 Å². The molecule has 0 aliphatic carbocycles. The number of anilines is 1. The van der Waals surface area contributed by atoms with Crippen molar-refractivity contribution >= 4 is 27.5 Å². The number of carbonyl (C=O) groups excluding carboxylic acids is 2. The predicted molar refractivity (Wildman–Crippen MR) is 72.3 cm³/mol. The fraction of sp³-hybridized carbons (Fsp3) is 0.333. The maximum absolute atomic E-state index is 11.8. The second kappa shape index (κ2) is 5.59. The number of amides is 2. The lowest BCUT2D eigenvalue weighted by Gasteiger charge is -2.15. The van der Waals surface area contributed by atoms with E-state index >= 15 is 0 Å². The molecule has 2 rings (SSSR count). The summed E-state index contributed by atoms with van der Waals surface area (Å²) in [6.45, 7) is 0.544. The zero-order chi connectivity index (χ0) is 14.8. The highest BCUT2D eigenvalue weighted by molar-refractivity contribution is 7.89. The van der Waals surface area contributed by atoms with Crippen molar-refractivity contribution in [3.05, 3.63) is 24.3 Å². The van der Waals surface area contributed by atoms with E-state index in [0.717, 1.165) is 6.42 Å². The molecule has 1 aliphatic rings. The van der Waals surface area contributed by atoms with E-state index < -0.39 is 10.0 Å². The van der Waals surface area contributed by atoms with Crippen LogP contribution < -0.4 is 10.5 Å². The Labute approximate surface area is 116 Å². The molecule has 3 N–H and O–H groups in total. The van der Waals surface area contributed by atoms with E-state index in [1.54, 1.807) is 6.07 Å². The van der Waals surface area contributed by atoms with Crippen LogP contribution in [0.15, 0.2) is 29.2 Å². The van der Waals surface area contributed by atoms with Crippen LogP contribution >= 0.6 is 0 Å². The minimum absolute atomic E-state index is 0.0293. The maximum Gasteiger partial charge on any atom is 0.243 e. The third-order valence-electron chi connectivity index (χ3n) is 2.95. The third-order valence-corrected chi connectivity index (χ3v) is 3.86. The lowest BCUT2D eigenvalue weighted by molar-refractivity contribution is -0.131. The topological polar surface area (TPSA) is 110 Å². The van der Waals surface area contributed by atoms with Gasteiger partial charge in [0.2, 0.25) is 21.8 Å². The molecule has 0 spiro atoms. The lowest BCUT2D eigenvalue weighted by Crippen LogP contribution is -2.34. The first-order chi connectivity index (χ1) is 9.36. The van der Waals surface area contributed by atoms with Crippen molar-refractivity contribution in [3.63, 3.8) is 0 Å². The number of carbonyl (C=O) groups is 2. The standard InChI is InChI=1S/C12H15N3O4S/c13-20(18,19)10-4-1-3-9(7-10)14-11(16)8-15-6-2-5-12(15)17/h1,3-4,7H,2,5-6,8H2,(H,14,16)(H2,13,18,19). The third kappa shape index (κ3) is 3.55. The van der Waals surface area contributed by atoms with Gasteiger partial charge in [0, 0.05) is 18.7 Å². The normalized spacial score (nSPS) is 15.4. The van der Waals surface area contributed by atoms with Gasteiger partial charge in [-0.3, -0.25) is 9.59 Å². The fourth-order valence-electron chi connectivity index (χ4n) is 2.00. The first-order valence-electron chi connectivity index (χ1n) is 6.07. The molecule has 1 aliphatic heterocycles. The molecule has 1 aromatic rings. The molecule has 2 amide bonds. The van der Waals surface area contributed by atoms with Crippen molar-refractivity contribution in [2.75, 3.05) is 18.4 Å². The summed E-state index contributed by atoms with van der Waals surface area (Å²) in [6, 6.07) is 5.66. The predicted octanol–water partition coefficient (Wildman–Crippen LogP) is -0.105. The quantitative estimate of drug-likeness (QED) is 0.808. The van der Waals surface area contributed by atoms with E-state index in [0.29, 0.717) is 18.7 Å². The summed E-state index contributed by atoms with van der Waals surface area (Å²) in [5, 5.41) is 7.56. The minimum Gasteiger partial charge on any atom is -0.333 e. The Morgan fingerprint density at radius 3 is 2.75 bits per heavy atom. The molecule has 0 aromatic heterocycles. The Morgan fingerprint density at radius 2 is 2.15 bits per heavy atom. The Bertz CT molecular complexity index is 642. The number of benzene rings is 1. The molecule has 0 radical (unpaired) electrons. The lowest BCUT2D eigenvalue weighted by atomic mass is 10.3. The summed E-state index contributed by atoms with van der Waals surface area (Å²) in [5.41, 5.74) is 0.327. The van der Waals surface area contributed by atoms with Crippen LogP contribution in [0.1, 0.15) is 12.8 Å². The van der Waals surface area contributed by atoms with Crippen LogP contribution in [0.4, 0.5) is 5.69 Å². The smallest absolute Gasteiger partial charge is 0.243 e. The molecule has 1 saturated heterocycles. The number of nitrogens with one attached hydrogen (secondary N) is 1. The van der Waals surface area contributed by atoms with Crippen LogP contribution in [0.25, 0.3) is 0 Å². The van der Waals surface area contributed by atoms with Crippen molar-refractivity contribution in [2.24, 2.45) is 5.14 Å². The largest absolute Gasteiger partial charge is 0.333 e. The molecule has 0 unspecified atom stereocenters. The molecule has 0 atom stereocenters. The second-order valence-corrected chi connectivity index (χ2v) is 6.10. The number of hydrogen-bond acceptors (Lipinski definition) is 4. The summed E-state index contributed by atoms with van der Waals surface area (Å²) in [5.74, 6) is -0.412. The van der Waals surface area contributed by atoms with Gasteiger partial charge in [0.1, 0.15) is 0 Å². The van der Waals surface area contributed by atoms with Gasteiger partial charge in [-0.2, -0.15) is 0 Å². The average molecular weight is 297 g/mol. The van der Waals surface area contributed by atoms with Gasteiger partial charge >= 0.3 is 0 Å². The van der Waals surface area contributed by atoms with E-state index in [1.165, 1.54) is 23.1 Å². The Morgan fingerprint density at radius 1 is 1.40 bits per heavy atom. The van der Waals surface area contributed by atoms with Gasteiger partial charge in [0.05, 0.1) is 11.4 Å². The van der Waals surface area contributed by atoms with Crippen molar-refractivity contribution in [2.45, 2.75) is 17.7 Å². The number of likely N-dealkylation sites (tertiary alicyclic amines) is 1. The molecule has 20 heavy (non-hydrogen) atoms. The highest BCUT2D eigenvalue weighted by Gasteiger charge is 2.22. The van der Waals surface area contributed by atoms with Crippen LogP contribution in [-0.4, -0.2) is 38.2 Å². The molecule has 108 valence electrons.